The number of aromatic nitrogens is 2. The van der Waals surface area contributed by atoms with E-state index >= 15 is 0 Å². The van der Waals surface area contributed by atoms with E-state index in [1.807, 2.05) is 31.2 Å². The molecule has 0 aliphatic carbocycles. The minimum absolute atomic E-state index is 0.184. The van der Waals surface area contributed by atoms with Gasteiger partial charge in [0.05, 0.1) is 27.9 Å². The van der Waals surface area contributed by atoms with Crippen LogP contribution in [0.5, 0.6) is 0 Å². The van der Waals surface area contributed by atoms with Gasteiger partial charge in [-0.15, -0.1) is 11.3 Å². The molecule has 0 fully saturated rings. The molecule has 1 aromatic carbocycles. The Morgan fingerprint density at radius 3 is 2.50 bits per heavy atom. The molecule has 0 saturated heterocycles. The van der Waals surface area contributed by atoms with Crippen molar-refractivity contribution in [2.45, 2.75) is 46.8 Å². The molecule has 3 aromatic rings. The minimum Gasteiger partial charge on any atom is -0.459 e. The largest absolute Gasteiger partial charge is 0.459 e. The van der Waals surface area contributed by atoms with Crippen LogP contribution in [-0.4, -0.2) is 39.9 Å². The number of aryl methyl sites for hydroxylation is 1. The van der Waals surface area contributed by atoms with Gasteiger partial charge >= 0.3 is 5.97 Å². The topological polar surface area (TPSA) is 75.3 Å². The number of nitrogens with one attached hydrogen (secondary N) is 1. The van der Waals surface area contributed by atoms with Crippen LogP contribution in [0.3, 0.4) is 0 Å². The van der Waals surface area contributed by atoms with E-state index in [0.717, 1.165) is 15.2 Å². The number of carbonyl (C=O) groups is 2. The molecule has 0 bridgehead atoms. The first-order valence-electron chi connectivity index (χ1n) is 9.23. The summed E-state index contributed by atoms with van der Waals surface area (Å²) in [4.78, 5) is 34.9. The number of hydrogen-bond donors (Lipinski definition) is 1. The van der Waals surface area contributed by atoms with E-state index in [4.69, 9.17) is 4.74 Å². The van der Waals surface area contributed by atoms with Gasteiger partial charge in [0, 0.05) is 12.7 Å². The summed E-state index contributed by atoms with van der Waals surface area (Å²) < 4.78 is 6.40. The minimum atomic E-state index is -0.415. The van der Waals surface area contributed by atoms with Crippen molar-refractivity contribution in [1.29, 1.82) is 0 Å². The third-order valence-electron chi connectivity index (χ3n) is 4.77. The molecule has 0 radical (unpaired) electrons. The number of hydrogen-bond acceptors (Lipinski definition) is 5. The summed E-state index contributed by atoms with van der Waals surface area (Å²) in [5, 5.41) is 0.873. The molecule has 0 aliphatic heterocycles. The highest BCUT2D eigenvalue weighted by Crippen LogP contribution is 2.30. The summed E-state index contributed by atoms with van der Waals surface area (Å²) in [5.41, 5.74) is 3.01. The number of H-pyrrole nitrogens is 1. The Labute approximate surface area is 168 Å². The molecule has 1 atom stereocenters. The van der Waals surface area contributed by atoms with E-state index in [-0.39, 0.29) is 18.1 Å². The van der Waals surface area contributed by atoms with Crippen molar-refractivity contribution < 1.29 is 14.3 Å². The lowest BCUT2D eigenvalue weighted by Crippen LogP contribution is -2.30. The molecule has 0 aliphatic rings. The summed E-state index contributed by atoms with van der Waals surface area (Å²) in [6, 6.07) is 7.73. The van der Waals surface area contributed by atoms with E-state index in [0.29, 0.717) is 22.5 Å². The molecule has 1 amide bonds. The Balaban J connectivity index is 1.87. The molecule has 3 rings (SSSR count). The van der Waals surface area contributed by atoms with Gasteiger partial charge in [-0.2, -0.15) is 0 Å². The lowest BCUT2D eigenvalue weighted by atomic mass is 10.1. The number of ether oxygens (including phenoxy) is 1. The fraction of sp³-hybridized carbons (Fsp3) is 0.381. The predicted molar refractivity (Wildman–Crippen MR) is 111 cm³/mol. The quantitative estimate of drug-likeness (QED) is 0.634. The van der Waals surface area contributed by atoms with E-state index in [1.165, 1.54) is 0 Å². The van der Waals surface area contributed by atoms with Crippen molar-refractivity contribution >= 4 is 33.4 Å². The van der Waals surface area contributed by atoms with Crippen LogP contribution in [0.1, 0.15) is 63.9 Å². The highest BCUT2D eigenvalue weighted by molar-refractivity contribution is 7.18. The van der Waals surface area contributed by atoms with Crippen LogP contribution in [0.2, 0.25) is 0 Å². The predicted octanol–water partition coefficient (Wildman–Crippen LogP) is 4.64. The second-order valence-corrected chi connectivity index (χ2v) is 8.25. The maximum atomic E-state index is 13.1. The Morgan fingerprint density at radius 1 is 1.18 bits per heavy atom. The summed E-state index contributed by atoms with van der Waals surface area (Å²) in [7, 11) is 1.75. The molecule has 28 heavy (non-hydrogen) atoms. The molecule has 6 nitrogen and oxygen atoms in total. The van der Waals surface area contributed by atoms with Gasteiger partial charge in [-0.1, -0.05) is 12.1 Å². The first kappa shape index (κ1) is 20.1. The van der Waals surface area contributed by atoms with E-state index in [2.05, 4.69) is 9.97 Å². The number of para-hydroxylation sites is 1. The van der Waals surface area contributed by atoms with Gasteiger partial charge in [0.2, 0.25) is 0 Å². The molecule has 0 spiro atoms. The zero-order valence-corrected chi connectivity index (χ0v) is 17.8. The van der Waals surface area contributed by atoms with Crippen LogP contribution in [0.15, 0.2) is 24.3 Å². The van der Waals surface area contributed by atoms with Crippen molar-refractivity contribution in [2.75, 3.05) is 7.05 Å². The highest BCUT2D eigenvalue weighted by Gasteiger charge is 2.28. The van der Waals surface area contributed by atoms with Gasteiger partial charge < -0.3 is 14.6 Å². The molecule has 7 heteroatoms. The van der Waals surface area contributed by atoms with Crippen LogP contribution in [0, 0.1) is 13.8 Å². The summed E-state index contributed by atoms with van der Waals surface area (Å²) in [6.07, 6.45) is -0.220. The Bertz CT molecular complexity index is 1000. The number of carbonyl (C=O) groups excluding carboxylic acids is 2. The van der Waals surface area contributed by atoms with Crippen LogP contribution in [-0.2, 0) is 4.74 Å². The van der Waals surface area contributed by atoms with Gasteiger partial charge in [0.1, 0.15) is 10.7 Å². The number of amides is 1. The highest BCUT2D eigenvalue weighted by atomic mass is 32.1. The summed E-state index contributed by atoms with van der Waals surface area (Å²) in [6.45, 7) is 9.10. The number of esters is 1. The van der Waals surface area contributed by atoms with Gasteiger partial charge in [0.25, 0.3) is 5.91 Å². The summed E-state index contributed by atoms with van der Waals surface area (Å²) in [5.74, 6) is -0.599. The Kier molecular flexibility index (Phi) is 5.56. The number of benzene rings is 1. The first-order valence-corrected chi connectivity index (χ1v) is 10.0. The van der Waals surface area contributed by atoms with Gasteiger partial charge in [-0.05, 0) is 52.3 Å². The normalized spacial score (nSPS) is 12.4. The average Bonchev–Trinajstić information content (AvgIpc) is 3.19. The Hall–Kier alpha value is -2.67. The second kappa shape index (κ2) is 7.75. The molecule has 0 saturated carbocycles. The van der Waals surface area contributed by atoms with Gasteiger partial charge in [-0.3, -0.25) is 4.79 Å². The number of fused-ring (bicyclic) bond motifs is 1. The SMILES string of the molecule is Cc1[nH]c(C(=O)N(C)C(C)c2nc3ccccc3s2)c(C)c1C(=O)OC(C)C. The van der Waals surface area contributed by atoms with Crippen molar-refractivity contribution in [1.82, 2.24) is 14.9 Å². The Morgan fingerprint density at radius 2 is 1.86 bits per heavy atom. The average molecular weight is 400 g/mol. The maximum Gasteiger partial charge on any atom is 0.340 e. The monoisotopic (exact) mass is 399 g/mol. The number of aromatic amines is 1. The molecule has 2 heterocycles. The van der Waals surface area contributed by atoms with Crippen LogP contribution >= 0.6 is 11.3 Å². The molecule has 1 N–H and O–H groups in total. The smallest absolute Gasteiger partial charge is 0.340 e. The third-order valence-corrected chi connectivity index (χ3v) is 5.97. The summed E-state index contributed by atoms with van der Waals surface area (Å²) >= 11 is 1.58. The molecule has 2 aromatic heterocycles. The molecule has 1 unspecified atom stereocenters. The third kappa shape index (κ3) is 3.67. The second-order valence-electron chi connectivity index (χ2n) is 7.19. The van der Waals surface area contributed by atoms with Gasteiger partial charge in [-0.25, -0.2) is 9.78 Å². The van der Waals surface area contributed by atoms with E-state index in [9.17, 15) is 9.59 Å². The van der Waals surface area contributed by atoms with Crippen molar-refractivity contribution in [3.8, 4) is 0 Å². The fourth-order valence-electron chi connectivity index (χ4n) is 3.13. The first-order chi connectivity index (χ1) is 13.2. The van der Waals surface area contributed by atoms with E-state index < -0.39 is 5.97 Å². The van der Waals surface area contributed by atoms with Crippen LogP contribution < -0.4 is 0 Å². The van der Waals surface area contributed by atoms with Crippen LogP contribution in [0.4, 0.5) is 0 Å². The van der Waals surface area contributed by atoms with Crippen molar-refractivity contribution in [2.24, 2.45) is 0 Å². The van der Waals surface area contributed by atoms with Crippen molar-refractivity contribution in [3.63, 3.8) is 0 Å². The van der Waals surface area contributed by atoms with E-state index in [1.54, 1.807) is 51.0 Å². The molecular formula is C21H25N3O3S. The van der Waals surface area contributed by atoms with Crippen LogP contribution in [0.25, 0.3) is 10.2 Å². The lowest BCUT2D eigenvalue weighted by molar-refractivity contribution is 0.0376. The van der Waals surface area contributed by atoms with Crippen molar-refractivity contribution in [3.05, 3.63) is 51.8 Å². The fourth-order valence-corrected chi connectivity index (χ4v) is 4.19. The zero-order chi connectivity index (χ0) is 20.6. The molecular weight excluding hydrogens is 374 g/mol. The zero-order valence-electron chi connectivity index (χ0n) is 17.0. The van der Waals surface area contributed by atoms with Gasteiger partial charge in [0.15, 0.2) is 0 Å². The number of nitrogens with zero attached hydrogens (tertiary/aromatic N) is 2. The lowest BCUT2D eigenvalue weighted by Gasteiger charge is -2.23. The number of rotatable bonds is 5. The number of thiazole rings is 1. The maximum absolute atomic E-state index is 13.1. The molecule has 148 valence electrons. The standard InChI is InChI=1S/C21H25N3O3S/c1-11(2)27-21(26)17-12(3)18(22-13(17)4)20(25)24(6)14(5)19-23-15-9-7-8-10-16(15)28-19/h7-11,14,22H,1-6H3.